The molecule has 1 saturated heterocycles. The van der Waals surface area contributed by atoms with Crippen molar-refractivity contribution in [3.05, 3.63) is 72.1 Å². The second-order valence-electron chi connectivity index (χ2n) is 8.96. The van der Waals surface area contributed by atoms with E-state index in [9.17, 15) is 9.18 Å². The number of carbonyl (C=O) groups is 1. The Morgan fingerprint density at radius 2 is 1.87 bits per heavy atom. The Bertz CT molecular complexity index is 1640. The number of fused-ring (bicyclic) bond motifs is 1. The molecule has 0 bridgehead atoms. The van der Waals surface area contributed by atoms with E-state index >= 15 is 0 Å². The van der Waals surface area contributed by atoms with Crippen molar-refractivity contribution in [3.8, 4) is 22.5 Å². The Kier molecular flexibility index (Phi) is 6.00. The highest BCUT2D eigenvalue weighted by Gasteiger charge is 2.19. The number of carbonyl (C=O) groups excluding carboxylic acids is 1. The largest absolute Gasteiger partial charge is 0.436 e. The first-order valence-electron chi connectivity index (χ1n) is 12.1. The van der Waals surface area contributed by atoms with E-state index in [1.165, 1.54) is 22.7 Å². The van der Waals surface area contributed by atoms with Gasteiger partial charge in [0.15, 0.2) is 11.7 Å². The fourth-order valence-electron chi connectivity index (χ4n) is 4.39. The lowest BCUT2D eigenvalue weighted by atomic mass is 10.1. The number of benzene rings is 1. The van der Waals surface area contributed by atoms with Crippen LogP contribution in [0.2, 0.25) is 0 Å². The molecule has 0 saturated carbocycles. The van der Waals surface area contributed by atoms with Crippen LogP contribution in [0.5, 0.6) is 0 Å². The average molecular weight is 514 g/mol. The van der Waals surface area contributed by atoms with Crippen LogP contribution in [-0.4, -0.2) is 61.6 Å². The third kappa shape index (κ3) is 4.57. The summed E-state index contributed by atoms with van der Waals surface area (Å²) < 4.78 is 21.6. The molecule has 1 aliphatic heterocycles. The molecular weight excluding hydrogens is 489 g/mol. The first kappa shape index (κ1) is 23.7. The van der Waals surface area contributed by atoms with Gasteiger partial charge < -0.3 is 20.0 Å². The second-order valence-corrected chi connectivity index (χ2v) is 8.96. The zero-order valence-corrected chi connectivity index (χ0v) is 20.8. The Labute approximate surface area is 216 Å². The molecule has 5 aromatic rings. The van der Waals surface area contributed by atoms with Crippen molar-refractivity contribution in [3.63, 3.8) is 0 Å². The first-order chi connectivity index (χ1) is 18.4. The topological polar surface area (TPSA) is 126 Å². The summed E-state index contributed by atoms with van der Waals surface area (Å²) in [6.45, 7) is 7.06. The minimum absolute atomic E-state index is 0.103. The molecule has 38 heavy (non-hydrogen) atoms. The standard InChI is InChI=1S/C26H24FN9O2/c1-15-23(38-16(2)31-15)25(37)32-19-4-5-21(27)20(11-19)24-33-26-30-13-18(14-36(26)34-24)17-3-6-22(29-12-17)35-9-7-28-8-10-35/h3-6,11-14,28H,7-10H2,1-2H3,(H,32,37). The molecule has 1 amide bonds. The molecule has 11 nitrogen and oxygen atoms in total. The van der Waals surface area contributed by atoms with Crippen LogP contribution in [0.4, 0.5) is 15.9 Å². The van der Waals surface area contributed by atoms with Crippen LogP contribution < -0.4 is 15.5 Å². The number of nitrogens with zero attached hydrogens (tertiary/aromatic N) is 7. The van der Waals surface area contributed by atoms with Crippen LogP contribution in [0.1, 0.15) is 22.1 Å². The summed E-state index contributed by atoms with van der Waals surface area (Å²) in [7, 11) is 0. The van der Waals surface area contributed by atoms with Gasteiger partial charge in [0, 0.05) is 68.5 Å². The molecule has 0 aliphatic carbocycles. The third-order valence-electron chi connectivity index (χ3n) is 6.29. The van der Waals surface area contributed by atoms with Gasteiger partial charge in [0.05, 0.1) is 11.3 Å². The number of piperazine rings is 1. The van der Waals surface area contributed by atoms with E-state index in [-0.39, 0.29) is 17.1 Å². The molecule has 1 fully saturated rings. The van der Waals surface area contributed by atoms with Crippen molar-refractivity contribution in [2.24, 2.45) is 0 Å². The number of amides is 1. The Hall–Kier alpha value is -4.71. The highest BCUT2D eigenvalue weighted by molar-refractivity contribution is 6.03. The maximum absolute atomic E-state index is 14.8. The van der Waals surface area contributed by atoms with Crippen molar-refractivity contribution in [2.75, 3.05) is 36.4 Å². The summed E-state index contributed by atoms with van der Waals surface area (Å²) >= 11 is 0. The van der Waals surface area contributed by atoms with Gasteiger partial charge in [-0.1, -0.05) is 0 Å². The Balaban J connectivity index is 1.25. The lowest BCUT2D eigenvalue weighted by Gasteiger charge is -2.28. The fraction of sp³-hybridized carbons (Fsp3) is 0.231. The molecule has 12 heteroatoms. The van der Waals surface area contributed by atoms with Crippen molar-refractivity contribution in [2.45, 2.75) is 13.8 Å². The molecule has 6 rings (SSSR count). The minimum atomic E-state index is -0.529. The van der Waals surface area contributed by atoms with Crippen LogP contribution >= 0.6 is 0 Å². The normalized spacial score (nSPS) is 13.7. The number of rotatable bonds is 5. The Morgan fingerprint density at radius 3 is 2.61 bits per heavy atom. The van der Waals surface area contributed by atoms with E-state index in [2.05, 4.69) is 40.6 Å². The van der Waals surface area contributed by atoms with Gasteiger partial charge in [-0.3, -0.25) is 4.79 Å². The van der Waals surface area contributed by atoms with Gasteiger partial charge in [-0.2, -0.15) is 4.98 Å². The number of anilines is 2. The van der Waals surface area contributed by atoms with E-state index in [0.717, 1.165) is 43.1 Å². The van der Waals surface area contributed by atoms with Gasteiger partial charge in [0.2, 0.25) is 5.76 Å². The molecule has 4 aromatic heterocycles. The molecule has 1 aromatic carbocycles. The van der Waals surface area contributed by atoms with Crippen LogP contribution in [-0.2, 0) is 0 Å². The number of hydrogen-bond acceptors (Lipinski definition) is 9. The van der Waals surface area contributed by atoms with Gasteiger partial charge >= 0.3 is 0 Å². The lowest BCUT2D eigenvalue weighted by Crippen LogP contribution is -2.43. The minimum Gasteiger partial charge on any atom is -0.436 e. The molecule has 2 N–H and O–H groups in total. The van der Waals surface area contributed by atoms with Crippen molar-refractivity contribution >= 4 is 23.2 Å². The molecular formula is C26H24FN9O2. The monoisotopic (exact) mass is 513 g/mol. The van der Waals surface area contributed by atoms with Crippen molar-refractivity contribution < 1.29 is 13.6 Å². The number of pyridine rings is 1. The molecule has 5 heterocycles. The molecule has 0 atom stereocenters. The van der Waals surface area contributed by atoms with Crippen LogP contribution in [0, 0.1) is 19.7 Å². The second kappa shape index (κ2) is 9.63. The quantitative estimate of drug-likeness (QED) is 0.364. The van der Waals surface area contributed by atoms with Gasteiger partial charge in [-0.25, -0.2) is 23.9 Å². The van der Waals surface area contributed by atoms with E-state index in [4.69, 9.17) is 4.42 Å². The summed E-state index contributed by atoms with van der Waals surface area (Å²) in [5, 5.41) is 10.5. The fourth-order valence-corrected chi connectivity index (χ4v) is 4.39. The third-order valence-corrected chi connectivity index (χ3v) is 6.29. The molecule has 0 radical (unpaired) electrons. The summed E-state index contributed by atoms with van der Waals surface area (Å²) in [5.41, 5.74) is 2.64. The highest BCUT2D eigenvalue weighted by Crippen LogP contribution is 2.26. The molecule has 192 valence electrons. The number of hydrogen-bond donors (Lipinski definition) is 2. The zero-order valence-electron chi connectivity index (χ0n) is 20.8. The summed E-state index contributed by atoms with van der Waals surface area (Å²) in [5.74, 6) is 0.872. The average Bonchev–Trinajstić information content (AvgIpc) is 3.52. The van der Waals surface area contributed by atoms with E-state index in [1.807, 2.05) is 18.3 Å². The van der Waals surface area contributed by atoms with Gasteiger partial charge in [0.25, 0.3) is 11.7 Å². The van der Waals surface area contributed by atoms with E-state index < -0.39 is 11.7 Å². The maximum atomic E-state index is 14.8. The molecule has 0 spiro atoms. The maximum Gasteiger partial charge on any atom is 0.293 e. The predicted octanol–water partition coefficient (Wildman–Crippen LogP) is 3.26. The number of aryl methyl sites for hydroxylation is 2. The number of nitrogens with one attached hydrogen (secondary N) is 2. The first-order valence-corrected chi connectivity index (χ1v) is 12.1. The number of aromatic nitrogens is 6. The van der Waals surface area contributed by atoms with Gasteiger partial charge in [0.1, 0.15) is 11.6 Å². The van der Waals surface area contributed by atoms with Crippen LogP contribution in [0.3, 0.4) is 0 Å². The summed E-state index contributed by atoms with van der Waals surface area (Å²) in [4.78, 5) is 32.4. The number of oxazole rings is 1. The Morgan fingerprint density at radius 1 is 1.05 bits per heavy atom. The highest BCUT2D eigenvalue weighted by atomic mass is 19.1. The molecule has 1 aliphatic rings. The lowest BCUT2D eigenvalue weighted by molar-refractivity contribution is 0.0994. The summed E-state index contributed by atoms with van der Waals surface area (Å²) in [6, 6.07) is 8.17. The SMILES string of the molecule is Cc1nc(C)c(C(=O)Nc2ccc(F)c(-c3nc4ncc(-c5ccc(N6CCNCC6)nc5)cn4n3)c2)o1. The van der Waals surface area contributed by atoms with E-state index in [0.29, 0.717) is 23.0 Å². The summed E-state index contributed by atoms with van der Waals surface area (Å²) in [6.07, 6.45) is 5.27. The van der Waals surface area contributed by atoms with Crippen LogP contribution in [0.15, 0.2) is 53.3 Å². The van der Waals surface area contributed by atoms with E-state index in [1.54, 1.807) is 26.2 Å². The molecule has 0 unspecified atom stereocenters. The smallest absolute Gasteiger partial charge is 0.293 e. The van der Waals surface area contributed by atoms with Crippen LogP contribution in [0.25, 0.3) is 28.3 Å². The van der Waals surface area contributed by atoms with Gasteiger partial charge in [-0.15, -0.1) is 5.10 Å². The van der Waals surface area contributed by atoms with Crippen molar-refractivity contribution in [1.82, 2.24) is 34.9 Å². The van der Waals surface area contributed by atoms with Crippen molar-refractivity contribution in [1.29, 1.82) is 0 Å². The predicted molar refractivity (Wildman–Crippen MR) is 138 cm³/mol. The zero-order chi connectivity index (χ0) is 26.2. The van der Waals surface area contributed by atoms with Gasteiger partial charge in [-0.05, 0) is 37.3 Å². The number of halogens is 1.